The molecule has 0 amide bonds. The highest BCUT2D eigenvalue weighted by Crippen LogP contribution is 2.20. The van der Waals surface area contributed by atoms with Gasteiger partial charge in [-0.25, -0.2) is 4.79 Å². The summed E-state index contributed by atoms with van der Waals surface area (Å²) in [6, 6.07) is 5.53. The highest BCUT2D eigenvalue weighted by atomic mass is 16.4. The minimum atomic E-state index is -0.869. The molecule has 1 unspecified atom stereocenters. The normalized spacial score (nSPS) is 20.2. The van der Waals surface area contributed by atoms with E-state index in [0.717, 1.165) is 24.3 Å². The number of hydrogen-bond acceptors (Lipinski definition) is 3. The summed E-state index contributed by atoms with van der Waals surface area (Å²) in [6.45, 7) is 5.00. The molecule has 1 aliphatic rings. The number of benzene rings is 1. The predicted molar refractivity (Wildman–Crippen MR) is 76.8 cm³/mol. The SMILES string of the molecule is Cc1ccc(NCC2CCCN(C)C2)c(C(=O)O)c1. The van der Waals surface area contributed by atoms with Gasteiger partial charge in [0.05, 0.1) is 5.56 Å². The van der Waals surface area contributed by atoms with E-state index < -0.39 is 5.97 Å². The van der Waals surface area contributed by atoms with Gasteiger partial charge in [-0.3, -0.25) is 0 Å². The van der Waals surface area contributed by atoms with Crippen LogP contribution in [0.3, 0.4) is 0 Å². The summed E-state index contributed by atoms with van der Waals surface area (Å²) in [4.78, 5) is 13.6. The van der Waals surface area contributed by atoms with Crippen molar-refractivity contribution in [1.82, 2.24) is 4.90 Å². The quantitative estimate of drug-likeness (QED) is 0.875. The van der Waals surface area contributed by atoms with Crippen LogP contribution in [0.5, 0.6) is 0 Å². The van der Waals surface area contributed by atoms with Crippen LogP contribution in [0.25, 0.3) is 0 Å². The average Bonchev–Trinajstić information content (AvgIpc) is 2.37. The maximum Gasteiger partial charge on any atom is 0.337 e. The number of nitrogens with zero attached hydrogens (tertiary/aromatic N) is 1. The van der Waals surface area contributed by atoms with Gasteiger partial charge in [-0.05, 0) is 51.4 Å². The summed E-state index contributed by atoms with van der Waals surface area (Å²) in [6.07, 6.45) is 2.44. The lowest BCUT2D eigenvalue weighted by molar-refractivity contribution is 0.0697. The molecule has 19 heavy (non-hydrogen) atoms. The molecule has 1 saturated heterocycles. The fourth-order valence-electron chi connectivity index (χ4n) is 2.68. The van der Waals surface area contributed by atoms with E-state index in [0.29, 0.717) is 11.5 Å². The fraction of sp³-hybridized carbons (Fsp3) is 0.533. The third-order valence-corrected chi connectivity index (χ3v) is 3.71. The number of anilines is 1. The van der Waals surface area contributed by atoms with Gasteiger partial charge < -0.3 is 15.3 Å². The van der Waals surface area contributed by atoms with Crippen molar-refractivity contribution in [3.63, 3.8) is 0 Å². The Bertz CT molecular complexity index is 459. The lowest BCUT2D eigenvalue weighted by Crippen LogP contribution is -2.35. The second kappa shape index (κ2) is 6.06. The second-order valence-corrected chi connectivity index (χ2v) is 5.51. The molecule has 1 fully saturated rings. The molecule has 4 nitrogen and oxygen atoms in total. The van der Waals surface area contributed by atoms with Gasteiger partial charge in [-0.15, -0.1) is 0 Å². The van der Waals surface area contributed by atoms with E-state index >= 15 is 0 Å². The molecular formula is C15H22N2O2. The molecule has 1 atom stereocenters. The van der Waals surface area contributed by atoms with Gasteiger partial charge in [0, 0.05) is 18.8 Å². The first-order chi connectivity index (χ1) is 9.06. The monoisotopic (exact) mass is 262 g/mol. The molecule has 1 aromatic carbocycles. The molecule has 1 aliphatic heterocycles. The molecule has 0 bridgehead atoms. The van der Waals surface area contributed by atoms with Crippen molar-refractivity contribution in [2.24, 2.45) is 5.92 Å². The van der Waals surface area contributed by atoms with E-state index in [9.17, 15) is 9.90 Å². The van der Waals surface area contributed by atoms with Crippen LogP contribution in [-0.2, 0) is 0 Å². The molecule has 0 saturated carbocycles. The number of aromatic carboxylic acids is 1. The number of piperidine rings is 1. The first-order valence-electron chi connectivity index (χ1n) is 6.82. The van der Waals surface area contributed by atoms with Gasteiger partial charge >= 0.3 is 5.97 Å². The maximum absolute atomic E-state index is 11.2. The first kappa shape index (κ1) is 13.9. The van der Waals surface area contributed by atoms with E-state index in [2.05, 4.69) is 17.3 Å². The number of aryl methyl sites for hydroxylation is 1. The summed E-state index contributed by atoms with van der Waals surface area (Å²) in [5.74, 6) is -0.270. The van der Waals surface area contributed by atoms with Crippen molar-refractivity contribution < 1.29 is 9.90 Å². The molecule has 0 spiro atoms. The summed E-state index contributed by atoms with van der Waals surface area (Å²) >= 11 is 0. The van der Waals surface area contributed by atoms with Crippen molar-refractivity contribution >= 4 is 11.7 Å². The lowest BCUT2D eigenvalue weighted by atomic mass is 9.98. The number of hydrogen-bond donors (Lipinski definition) is 2. The van der Waals surface area contributed by atoms with Crippen LogP contribution in [0.15, 0.2) is 18.2 Å². The van der Waals surface area contributed by atoms with Crippen LogP contribution in [0, 0.1) is 12.8 Å². The predicted octanol–water partition coefficient (Wildman–Crippen LogP) is 2.45. The van der Waals surface area contributed by atoms with Gasteiger partial charge in [-0.2, -0.15) is 0 Å². The molecule has 0 radical (unpaired) electrons. The zero-order valence-electron chi connectivity index (χ0n) is 11.6. The van der Waals surface area contributed by atoms with Crippen LogP contribution in [0.2, 0.25) is 0 Å². The number of carboxylic acids is 1. The van der Waals surface area contributed by atoms with Crippen LogP contribution in [0.1, 0.15) is 28.8 Å². The molecule has 4 heteroatoms. The average molecular weight is 262 g/mol. The number of nitrogens with one attached hydrogen (secondary N) is 1. The summed E-state index contributed by atoms with van der Waals surface area (Å²) in [5.41, 5.74) is 2.07. The zero-order chi connectivity index (χ0) is 13.8. The molecule has 0 aliphatic carbocycles. The minimum Gasteiger partial charge on any atom is -0.478 e. The number of carbonyl (C=O) groups is 1. The molecule has 1 aromatic rings. The Kier molecular flexibility index (Phi) is 4.43. The first-order valence-corrected chi connectivity index (χ1v) is 6.82. The number of carboxylic acid groups (broad SMARTS) is 1. The fourth-order valence-corrected chi connectivity index (χ4v) is 2.68. The lowest BCUT2D eigenvalue weighted by Gasteiger charge is -2.30. The highest BCUT2D eigenvalue weighted by molar-refractivity contribution is 5.94. The Morgan fingerprint density at radius 2 is 2.32 bits per heavy atom. The summed E-state index contributed by atoms with van der Waals surface area (Å²) in [5, 5.41) is 12.5. The number of likely N-dealkylation sites (tertiary alicyclic amines) is 1. The molecule has 1 heterocycles. The van der Waals surface area contributed by atoms with Crippen LogP contribution in [0.4, 0.5) is 5.69 Å². The Balaban J connectivity index is 2.01. The molecule has 0 aromatic heterocycles. The molecule has 2 rings (SSSR count). The zero-order valence-corrected chi connectivity index (χ0v) is 11.6. The topological polar surface area (TPSA) is 52.6 Å². The van der Waals surface area contributed by atoms with E-state index in [-0.39, 0.29) is 0 Å². The minimum absolute atomic E-state index is 0.365. The molecule has 104 valence electrons. The van der Waals surface area contributed by atoms with E-state index in [4.69, 9.17) is 0 Å². The third kappa shape index (κ3) is 3.70. The van der Waals surface area contributed by atoms with Gasteiger partial charge in [0.15, 0.2) is 0 Å². The van der Waals surface area contributed by atoms with Crippen molar-refractivity contribution in [2.75, 3.05) is 32.0 Å². The van der Waals surface area contributed by atoms with Gasteiger partial charge in [0.25, 0.3) is 0 Å². The maximum atomic E-state index is 11.2. The third-order valence-electron chi connectivity index (χ3n) is 3.71. The van der Waals surface area contributed by atoms with Gasteiger partial charge in [0.2, 0.25) is 0 Å². The van der Waals surface area contributed by atoms with Crippen molar-refractivity contribution in [1.29, 1.82) is 0 Å². The Labute approximate surface area is 114 Å². The van der Waals surface area contributed by atoms with Crippen LogP contribution < -0.4 is 5.32 Å². The summed E-state index contributed by atoms with van der Waals surface area (Å²) in [7, 11) is 2.14. The highest BCUT2D eigenvalue weighted by Gasteiger charge is 2.18. The standard InChI is InChI=1S/C15H22N2O2/c1-11-5-6-14(13(8-11)15(18)19)16-9-12-4-3-7-17(2)10-12/h5-6,8,12,16H,3-4,7,9-10H2,1-2H3,(H,18,19). The van der Waals surface area contributed by atoms with Crippen molar-refractivity contribution in [3.8, 4) is 0 Å². The van der Waals surface area contributed by atoms with E-state index in [1.807, 2.05) is 19.1 Å². The second-order valence-electron chi connectivity index (χ2n) is 5.51. The van der Waals surface area contributed by atoms with Gasteiger partial charge in [-0.1, -0.05) is 11.6 Å². The smallest absolute Gasteiger partial charge is 0.337 e. The van der Waals surface area contributed by atoms with Crippen LogP contribution in [-0.4, -0.2) is 42.7 Å². The Morgan fingerprint density at radius 1 is 1.53 bits per heavy atom. The Hall–Kier alpha value is -1.55. The van der Waals surface area contributed by atoms with Crippen molar-refractivity contribution in [2.45, 2.75) is 19.8 Å². The van der Waals surface area contributed by atoms with Crippen LogP contribution >= 0.6 is 0 Å². The summed E-state index contributed by atoms with van der Waals surface area (Å²) < 4.78 is 0. The largest absolute Gasteiger partial charge is 0.478 e. The Morgan fingerprint density at radius 3 is 3.00 bits per heavy atom. The molecular weight excluding hydrogens is 240 g/mol. The number of rotatable bonds is 4. The van der Waals surface area contributed by atoms with Crippen molar-refractivity contribution in [3.05, 3.63) is 29.3 Å². The molecule has 2 N–H and O–H groups in total. The van der Waals surface area contributed by atoms with Gasteiger partial charge in [0.1, 0.15) is 0 Å². The van der Waals surface area contributed by atoms with E-state index in [1.54, 1.807) is 6.07 Å². The van der Waals surface area contributed by atoms with E-state index in [1.165, 1.54) is 19.4 Å².